The third kappa shape index (κ3) is 4.70. The number of hydrogen-bond acceptors (Lipinski definition) is 4. The standard InChI is InChI=1S/C24H22FN3O3S/c1-27(15-18-8-4-2-5-9-18)23(29)16-28-22-14-20(25)12-13-21(22)24(26-28)32(30,31)17-19-10-6-3-7-11-19/h2-14H,15-17H2,1H3. The third-order valence-electron chi connectivity index (χ3n) is 5.15. The number of likely N-dealkylation sites (N-methyl/N-ethyl adjacent to an activating group) is 1. The first-order valence-corrected chi connectivity index (χ1v) is 11.7. The molecular formula is C24H22FN3O3S. The van der Waals surface area contributed by atoms with E-state index in [0.29, 0.717) is 17.5 Å². The molecule has 0 radical (unpaired) electrons. The van der Waals surface area contributed by atoms with E-state index in [-0.39, 0.29) is 28.7 Å². The second-order valence-electron chi connectivity index (χ2n) is 7.60. The molecule has 6 nitrogen and oxygen atoms in total. The normalized spacial score (nSPS) is 11.6. The van der Waals surface area contributed by atoms with Gasteiger partial charge in [-0.15, -0.1) is 0 Å². The molecule has 4 rings (SSSR count). The maximum Gasteiger partial charge on any atom is 0.244 e. The van der Waals surface area contributed by atoms with Crippen LogP contribution in [-0.2, 0) is 33.5 Å². The van der Waals surface area contributed by atoms with E-state index < -0.39 is 15.7 Å². The van der Waals surface area contributed by atoms with E-state index >= 15 is 0 Å². The first kappa shape index (κ1) is 21.7. The summed E-state index contributed by atoms with van der Waals surface area (Å²) in [6.07, 6.45) is 0. The Bertz CT molecular complexity index is 1350. The SMILES string of the molecule is CN(Cc1ccccc1)C(=O)Cn1nc(S(=O)(=O)Cc2ccccc2)c2ccc(F)cc21. The van der Waals surface area contributed by atoms with Crippen molar-refractivity contribution in [3.05, 3.63) is 95.8 Å². The first-order chi connectivity index (χ1) is 15.3. The molecule has 0 N–H and O–H groups in total. The zero-order chi connectivity index (χ0) is 22.7. The molecule has 0 saturated heterocycles. The summed E-state index contributed by atoms with van der Waals surface area (Å²) < 4.78 is 41.5. The summed E-state index contributed by atoms with van der Waals surface area (Å²) in [4.78, 5) is 14.3. The van der Waals surface area contributed by atoms with Crippen molar-refractivity contribution >= 4 is 26.6 Å². The average Bonchev–Trinajstić information content (AvgIpc) is 3.13. The van der Waals surface area contributed by atoms with Crippen LogP contribution in [0, 0.1) is 5.82 Å². The Morgan fingerprint density at radius 3 is 2.25 bits per heavy atom. The molecule has 8 heteroatoms. The summed E-state index contributed by atoms with van der Waals surface area (Å²) in [7, 11) is -2.15. The molecule has 164 valence electrons. The van der Waals surface area contributed by atoms with Crippen LogP contribution >= 0.6 is 0 Å². The Kier molecular flexibility index (Phi) is 6.05. The van der Waals surface area contributed by atoms with Gasteiger partial charge in [-0.05, 0) is 29.3 Å². The monoisotopic (exact) mass is 451 g/mol. The number of halogens is 1. The van der Waals surface area contributed by atoms with Crippen LogP contribution < -0.4 is 0 Å². The third-order valence-corrected chi connectivity index (χ3v) is 6.75. The van der Waals surface area contributed by atoms with Crippen molar-refractivity contribution in [3.63, 3.8) is 0 Å². The van der Waals surface area contributed by atoms with Crippen LogP contribution in [0.4, 0.5) is 4.39 Å². The molecule has 0 aliphatic carbocycles. The zero-order valence-electron chi connectivity index (χ0n) is 17.5. The molecule has 0 aliphatic heterocycles. The molecule has 3 aromatic carbocycles. The first-order valence-electron chi connectivity index (χ1n) is 10.0. The minimum atomic E-state index is -3.82. The molecule has 0 aliphatic rings. The van der Waals surface area contributed by atoms with Crippen LogP contribution in [0.1, 0.15) is 11.1 Å². The van der Waals surface area contributed by atoms with Crippen LogP contribution in [0.15, 0.2) is 83.9 Å². The molecule has 0 unspecified atom stereocenters. The van der Waals surface area contributed by atoms with Crippen molar-refractivity contribution in [1.29, 1.82) is 0 Å². The molecule has 0 atom stereocenters. The predicted octanol–water partition coefficient (Wildman–Crippen LogP) is 3.81. The second-order valence-corrected chi connectivity index (χ2v) is 9.51. The van der Waals surface area contributed by atoms with Gasteiger partial charge in [0, 0.05) is 19.0 Å². The van der Waals surface area contributed by atoms with Gasteiger partial charge in [0.2, 0.25) is 15.7 Å². The Morgan fingerprint density at radius 2 is 1.59 bits per heavy atom. The maximum absolute atomic E-state index is 14.0. The topological polar surface area (TPSA) is 72.3 Å². The number of hydrogen-bond donors (Lipinski definition) is 0. The van der Waals surface area contributed by atoms with Crippen molar-refractivity contribution in [3.8, 4) is 0 Å². The number of fused-ring (bicyclic) bond motifs is 1. The number of carbonyl (C=O) groups excluding carboxylic acids is 1. The van der Waals surface area contributed by atoms with Crippen LogP contribution in [-0.4, -0.2) is 36.1 Å². The lowest BCUT2D eigenvalue weighted by atomic mass is 10.2. The van der Waals surface area contributed by atoms with Gasteiger partial charge in [-0.1, -0.05) is 60.7 Å². The summed E-state index contributed by atoms with van der Waals surface area (Å²) in [5.74, 6) is -1.04. The summed E-state index contributed by atoms with van der Waals surface area (Å²) in [6, 6.07) is 22.1. The molecule has 0 bridgehead atoms. The number of rotatable bonds is 7. The molecule has 32 heavy (non-hydrogen) atoms. The number of aromatic nitrogens is 2. The summed E-state index contributed by atoms with van der Waals surface area (Å²) in [5.41, 5.74) is 1.85. The lowest BCUT2D eigenvalue weighted by molar-refractivity contribution is -0.131. The Labute approximate surface area is 185 Å². The summed E-state index contributed by atoms with van der Waals surface area (Å²) in [5, 5.41) is 4.38. The van der Waals surface area contributed by atoms with Crippen molar-refractivity contribution in [2.75, 3.05) is 7.05 Å². The van der Waals surface area contributed by atoms with Gasteiger partial charge in [-0.3, -0.25) is 9.48 Å². The van der Waals surface area contributed by atoms with E-state index in [0.717, 1.165) is 5.56 Å². The molecule has 1 heterocycles. The fourth-order valence-corrected chi connectivity index (χ4v) is 5.02. The van der Waals surface area contributed by atoms with E-state index in [4.69, 9.17) is 0 Å². The molecule has 0 fully saturated rings. The second kappa shape index (κ2) is 8.92. The van der Waals surface area contributed by atoms with Gasteiger partial charge >= 0.3 is 0 Å². The van der Waals surface area contributed by atoms with Crippen molar-refractivity contribution < 1.29 is 17.6 Å². The maximum atomic E-state index is 14.0. The van der Waals surface area contributed by atoms with Gasteiger partial charge in [0.1, 0.15) is 12.4 Å². The van der Waals surface area contributed by atoms with Gasteiger partial charge in [0.25, 0.3) is 0 Å². The van der Waals surface area contributed by atoms with Gasteiger partial charge in [-0.25, -0.2) is 12.8 Å². The van der Waals surface area contributed by atoms with Crippen LogP contribution in [0.5, 0.6) is 0 Å². The van der Waals surface area contributed by atoms with E-state index in [9.17, 15) is 17.6 Å². The Morgan fingerprint density at radius 1 is 0.969 bits per heavy atom. The summed E-state index contributed by atoms with van der Waals surface area (Å²) >= 11 is 0. The van der Waals surface area contributed by atoms with E-state index in [2.05, 4.69) is 5.10 Å². The number of carbonyl (C=O) groups is 1. The molecule has 0 spiro atoms. The van der Waals surface area contributed by atoms with Crippen molar-refractivity contribution in [1.82, 2.24) is 14.7 Å². The summed E-state index contributed by atoms with van der Waals surface area (Å²) in [6.45, 7) is 0.191. The molecule has 4 aromatic rings. The van der Waals surface area contributed by atoms with Gasteiger partial charge < -0.3 is 4.90 Å². The van der Waals surface area contributed by atoms with Crippen LogP contribution in [0.3, 0.4) is 0 Å². The minimum absolute atomic E-state index is 0.158. The molecule has 0 saturated carbocycles. The van der Waals surface area contributed by atoms with E-state index in [1.165, 1.54) is 27.8 Å². The average molecular weight is 452 g/mol. The highest BCUT2D eigenvalue weighted by Gasteiger charge is 2.25. The number of nitrogens with zero attached hydrogens (tertiary/aromatic N) is 3. The minimum Gasteiger partial charge on any atom is -0.340 e. The highest BCUT2D eigenvalue weighted by molar-refractivity contribution is 7.90. The van der Waals surface area contributed by atoms with Crippen LogP contribution in [0.25, 0.3) is 10.9 Å². The number of sulfone groups is 1. The van der Waals surface area contributed by atoms with Crippen molar-refractivity contribution in [2.24, 2.45) is 0 Å². The Balaban J connectivity index is 1.65. The van der Waals surface area contributed by atoms with E-state index in [1.807, 2.05) is 30.3 Å². The molecule has 1 amide bonds. The smallest absolute Gasteiger partial charge is 0.244 e. The van der Waals surface area contributed by atoms with Gasteiger partial charge in [0.05, 0.1) is 11.3 Å². The zero-order valence-corrected chi connectivity index (χ0v) is 18.3. The van der Waals surface area contributed by atoms with Gasteiger partial charge in [-0.2, -0.15) is 5.10 Å². The fraction of sp³-hybridized carbons (Fsp3) is 0.167. The van der Waals surface area contributed by atoms with E-state index in [1.54, 1.807) is 37.4 Å². The lowest BCUT2D eigenvalue weighted by Gasteiger charge is -2.17. The highest BCUT2D eigenvalue weighted by Crippen LogP contribution is 2.26. The molecular weight excluding hydrogens is 429 g/mol. The number of amides is 1. The quantitative estimate of drug-likeness (QED) is 0.428. The highest BCUT2D eigenvalue weighted by atomic mass is 32.2. The fourth-order valence-electron chi connectivity index (χ4n) is 3.52. The van der Waals surface area contributed by atoms with Gasteiger partial charge in [0.15, 0.2) is 5.03 Å². The molecule has 1 aromatic heterocycles. The lowest BCUT2D eigenvalue weighted by Crippen LogP contribution is -2.30. The van der Waals surface area contributed by atoms with Crippen molar-refractivity contribution in [2.45, 2.75) is 23.9 Å². The number of benzene rings is 3. The largest absolute Gasteiger partial charge is 0.340 e. The Hall–Kier alpha value is -3.52. The van der Waals surface area contributed by atoms with Crippen LogP contribution in [0.2, 0.25) is 0 Å². The predicted molar refractivity (Wildman–Crippen MR) is 120 cm³/mol.